The van der Waals surface area contributed by atoms with Gasteiger partial charge in [-0.2, -0.15) is 0 Å². The van der Waals surface area contributed by atoms with Crippen molar-refractivity contribution in [3.63, 3.8) is 0 Å². The van der Waals surface area contributed by atoms with Gasteiger partial charge in [0.25, 0.3) is 0 Å². The highest BCUT2D eigenvalue weighted by Crippen LogP contribution is 2.51. The molecule has 1 fully saturated rings. The molecule has 0 saturated heterocycles. The van der Waals surface area contributed by atoms with Crippen molar-refractivity contribution in [2.75, 3.05) is 20.8 Å². The zero-order chi connectivity index (χ0) is 16.3. The van der Waals surface area contributed by atoms with Crippen LogP contribution in [0.2, 0.25) is 0 Å². The molecule has 1 aromatic rings. The van der Waals surface area contributed by atoms with Gasteiger partial charge in [-0.05, 0) is 24.6 Å². The van der Waals surface area contributed by atoms with Crippen LogP contribution in [-0.4, -0.2) is 37.7 Å². The van der Waals surface area contributed by atoms with Gasteiger partial charge in [-0.3, -0.25) is 9.59 Å². The van der Waals surface area contributed by atoms with E-state index in [2.05, 4.69) is 5.32 Å². The number of hydrogen-bond acceptors (Lipinski definition) is 4. The quantitative estimate of drug-likeness (QED) is 0.800. The summed E-state index contributed by atoms with van der Waals surface area (Å²) in [6.45, 7) is 1.71. The molecule has 1 amide bonds. The molecule has 0 aromatic heterocycles. The lowest BCUT2D eigenvalue weighted by Crippen LogP contribution is -2.32. The Morgan fingerprint density at radius 3 is 2.68 bits per heavy atom. The molecule has 0 bridgehead atoms. The molecule has 3 unspecified atom stereocenters. The summed E-state index contributed by atoms with van der Waals surface area (Å²) in [5.41, 5.74) is 0.952. The van der Waals surface area contributed by atoms with E-state index in [1.807, 2.05) is 18.2 Å². The Morgan fingerprint density at radius 1 is 1.36 bits per heavy atom. The largest absolute Gasteiger partial charge is 0.497 e. The molecule has 22 heavy (non-hydrogen) atoms. The number of methoxy groups -OCH3 is 2. The van der Waals surface area contributed by atoms with Gasteiger partial charge in [0.2, 0.25) is 5.91 Å². The first kappa shape index (κ1) is 16.1. The van der Waals surface area contributed by atoms with Gasteiger partial charge in [-0.1, -0.05) is 6.92 Å². The minimum Gasteiger partial charge on any atom is -0.497 e. The third-order valence-corrected chi connectivity index (χ3v) is 3.97. The van der Waals surface area contributed by atoms with Crippen molar-refractivity contribution in [1.29, 1.82) is 0 Å². The topological polar surface area (TPSA) is 84.9 Å². The number of aliphatic carboxylic acids is 1. The number of hydrogen-bond donors (Lipinski definition) is 2. The molecule has 6 heteroatoms. The molecule has 2 rings (SSSR count). The standard InChI is InChI=1S/C16H21NO5/c1-9(16(19)20)8-17-15(18)13-7-11(13)12-6-10(21-2)4-5-14(12)22-3/h4-6,9,11,13H,7-8H2,1-3H3,(H,17,18)(H,19,20). The minimum absolute atomic E-state index is 0.0881. The zero-order valence-electron chi connectivity index (χ0n) is 13.0. The fraction of sp³-hybridized carbons (Fsp3) is 0.500. The monoisotopic (exact) mass is 307 g/mol. The molecule has 1 aromatic carbocycles. The van der Waals surface area contributed by atoms with Gasteiger partial charge in [0, 0.05) is 23.9 Å². The molecule has 6 nitrogen and oxygen atoms in total. The van der Waals surface area contributed by atoms with Gasteiger partial charge in [0.05, 0.1) is 20.1 Å². The van der Waals surface area contributed by atoms with Crippen molar-refractivity contribution in [2.24, 2.45) is 11.8 Å². The number of nitrogens with one attached hydrogen (secondary N) is 1. The van der Waals surface area contributed by atoms with E-state index in [-0.39, 0.29) is 24.3 Å². The Bertz CT molecular complexity index is 572. The zero-order valence-corrected chi connectivity index (χ0v) is 13.0. The Labute approximate surface area is 129 Å². The van der Waals surface area contributed by atoms with E-state index < -0.39 is 11.9 Å². The lowest BCUT2D eigenvalue weighted by molar-refractivity contribution is -0.141. The molecule has 1 aliphatic carbocycles. The summed E-state index contributed by atoms with van der Waals surface area (Å²) in [4.78, 5) is 22.8. The second-order valence-corrected chi connectivity index (χ2v) is 5.54. The van der Waals surface area contributed by atoms with Crippen LogP contribution < -0.4 is 14.8 Å². The Kier molecular flexibility index (Phi) is 4.90. The lowest BCUT2D eigenvalue weighted by Gasteiger charge is -2.11. The van der Waals surface area contributed by atoms with E-state index in [0.29, 0.717) is 0 Å². The van der Waals surface area contributed by atoms with E-state index in [4.69, 9.17) is 14.6 Å². The van der Waals surface area contributed by atoms with E-state index in [1.165, 1.54) is 0 Å². The van der Waals surface area contributed by atoms with E-state index in [9.17, 15) is 9.59 Å². The third kappa shape index (κ3) is 3.50. The van der Waals surface area contributed by atoms with E-state index in [0.717, 1.165) is 23.5 Å². The molecule has 0 aliphatic heterocycles. The summed E-state index contributed by atoms with van der Waals surface area (Å²) >= 11 is 0. The predicted molar refractivity (Wildman–Crippen MR) is 80.2 cm³/mol. The highest BCUT2D eigenvalue weighted by atomic mass is 16.5. The van der Waals surface area contributed by atoms with Gasteiger partial charge in [-0.25, -0.2) is 0 Å². The van der Waals surface area contributed by atoms with Crippen LogP contribution >= 0.6 is 0 Å². The van der Waals surface area contributed by atoms with Crippen molar-refractivity contribution in [3.05, 3.63) is 23.8 Å². The molecular weight excluding hydrogens is 286 g/mol. The van der Waals surface area contributed by atoms with Crippen LogP contribution in [0.4, 0.5) is 0 Å². The van der Waals surface area contributed by atoms with Crippen molar-refractivity contribution in [2.45, 2.75) is 19.3 Å². The highest BCUT2D eigenvalue weighted by Gasteiger charge is 2.45. The lowest BCUT2D eigenvalue weighted by atomic mass is 10.1. The van der Waals surface area contributed by atoms with Gasteiger partial charge in [-0.15, -0.1) is 0 Å². The summed E-state index contributed by atoms with van der Waals surface area (Å²) < 4.78 is 10.6. The number of amides is 1. The number of carboxylic acids is 1. The number of carbonyl (C=O) groups excluding carboxylic acids is 1. The summed E-state index contributed by atoms with van der Waals surface area (Å²) in [6, 6.07) is 5.53. The fourth-order valence-electron chi connectivity index (χ4n) is 2.43. The summed E-state index contributed by atoms with van der Waals surface area (Å²) in [7, 11) is 3.19. The Hall–Kier alpha value is -2.24. The maximum atomic E-state index is 12.1. The van der Waals surface area contributed by atoms with E-state index in [1.54, 1.807) is 21.1 Å². The predicted octanol–water partition coefficient (Wildman–Crippen LogP) is 1.64. The van der Waals surface area contributed by atoms with Gasteiger partial charge < -0.3 is 19.9 Å². The molecule has 0 radical (unpaired) electrons. The molecule has 1 aliphatic rings. The number of carboxylic acid groups (broad SMARTS) is 1. The van der Waals surface area contributed by atoms with Crippen LogP contribution in [0.15, 0.2) is 18.2 Å². The molecule has 0 spiro atoms. The van der Waals surface area contributed by atoms with Crippen molar-refractivity contribution >= 4 is 11.9 Å². The van der Waals surface area contributed by atoms with Crippen molar-refractivity contribution < 1.29 is 24.2 Å². The van der Waals surface area contributed by atoms with E-state index >= 15 is 0 Å². The fourth-order valence-corrected chi connectivity index (χ4v) is 2.43. The maximum absolute atomic E-state index is 12.1. The van der Waals surface area contributed by atoms with Crippen molar-refractivity contribution in [3.8, 4) is 11.5 Å². The van der Waals surface area contributed by atoms with Crippen molar-refractivity contribution in [1.82, 2.24) is 5.32 Å². The Morgan fingerprint density at radius 2 is 2.09 bits per heavy atom. The van der Waals surface area contributed by atoms with Crippen LogP contribution in [-0.2, 0) is 9.59 Å². The Balaban J connectivity index is 1.99. The number of carbonyl (C=O) groups is 2. The molecule has 1 saturated carbocycles. The molecule has 2 N–H and O–H groups in total. The van der Waals surface area contributed by atoms with Crippen LogP contribution in [0.5, 0.6) is 11.5 Å². The van der Waals surface area contributed by atoms with Crippen LogP contribution in [0.3, 0.4) is 0 Å². The van der Waals surface area contributed by atoms with Crippen LogP contribution in [0, 0.1) is 11.8 Å². The minimum atomic E-state index is -0.915. The first-order valence-corrected chi connectivity index (χ1v) is 7.20. The first-order valence-electron chi connectivity index (χ1n) is 7.20. The molecule has 120 valence electrons. The summed E-state index contributed by atoms with van der Waals surface area (Å²) in [5, 5.41) is 11.5. The first-order chi connectivity index (χ1) is 10.5. The number of ether oxygens (including phenoxy) is 2. The average molecular weight is 307 g/mol. The number of benzene rings is 1. The molecule has 0 heterocycles. The van der Waals surface area contributed by atoms with Crippen LogP contribution in [0.25, 0.3) is 0 Å². The molecule has 3 atom stereocenters. The summed E-state index contributed by atoms with van der Waals surface area (Å²) in [5.74, 6) is -0.203. The normalized spacial score (nSPS) is 20.9. The highest BCUT2D eigenvalue weighted by molar-refractivity contribution is 5.83. The summed E-state index contributed by atoms with van der Waals surface area (Å²) in [6.07, 6.45) is 0.733. The molecular formula is C16H21NO5. The second-order valence-electron chi connectivity index (χ2n) is 5.54. The maximum Gasteiger partial charge on any atom is 0.308 e. The van der Waals surface area contributed by atoms with Crippen LogP contribution in [0.1, 0.15) is 24.8 Å². The van der Waals surface area contributed by atoms with Gasteiger partial charge >= 0.3 is 5.97 Å². The average Bonchev–Trinajstić information content (AvgIpc) is 3.31. The van der Waals surface area contributed by atoms with Gasteiger partial charge in [0.1, 0.15) is 11.5 Å². The second kappa shape index (κ2) is 6.68. The number of rotatable bonds is 7. The smallest absolute Gasteiger partial charge is 0.308 e. The SMILES string of the molecule is COc1ccc(OC)c(C2CC2C(=O)NCC(C)C(=O)O)c1. The third-order valence-electron chi connectivity index (χ3n) is 3.97. The van der Waals surface area contributed by atoms with Gasteiger partial charge in [0.15, 0.2) is 0 Å².